The quantitative estimate of drug-likeness (QED) is 0.661. The molecular formula is C17H15BrINO3. The second-order valence-electron chi connectivity index (χ2n) is 5.18. The van der Waals surface area contributed by atoms with Crippen LogP contribution in [0.1, 0.15) is 18.0 Å². The Morgan fingerprint density at radius 2 is 2.09 bits per heavy atom. The van der Waals surface area contributed by atoms with E-state index in [0.717, 1.165) is 25.8 Å². The maximum absolute atomic E-state index is 12.2. The van der Waals surface area contributed by atoms with Crippen molar-refractivity contribution in [3.05, 3.63) is 56.1 Å². The average molecular weight is 488 g/mol. The summed E-state index contributed by atoms with van der Waals surface area (Å²) in [6, 6.07) is 13.4. The molecule has 2 aromatic carbocycles. The molecule has 1 aliphatic rings. The van der Waals surface area contributed by atoms with E-state index in [9.17, 15) is 4.79 Å². The van der Waals surface area contributed by atoms with Gasteiger partial charge in [0.1, 0.15) is 11.5 Å². The molecular weight excluding hydrogens is 473 g/mol. The molecule has 0 saturated heterocycles. The molecule has 0 aromatic heterocycles. The minimum Gasteiger partial charge on any atom is -0.493 e. The number of benzene rings is 2. The van der Waals surface area contributed by atoms with Crippen LogP contribution in [0.5, 0.6) is 11.5 Å². The number of rotatable bonds is 4. The second kappa shape index (κ2) is 7.53. The van der Waals surface area contributed by atoms with Crippen LogP contribution in [0.25, 0.3) is 0 Å². The molecule has 1 N–H and O–H groups in total. The Bertz CT molecular complexity index is 705. The molecule has 1 aliphatic heterocycles. The summed E-state index contributed by atoms with van der Waals surface area (Å²) in [7, 11) is 0. The molecule has 0 aliphatic carbocycles. The van der Waals surface area contributed by atoms with Crippen molar-refractivity contribution < 1.29 is 14.3 Å². The second-order valence-corrected chi connectivity index (χ2v) is 7.34. The van der Waals surface area contributed by atoms with Gasteiger partial charge >= 0.3 is 0 Å². The van der Waals surface area contributed by atoms with Crippen LogP contribution in [-0.4, -0.2) is 19.1 Å². The van der Waals surface area contributed by atoms with Gasteiger partial charge in [-0.2, -0.15) is 0 Å². The normalized spacial score (nSPS) is 16.2. The van der Waals surface area contributed by atoms with E-state index >= 15 is 0 Å². The van der Waals surface area contributed by atoms with E-state index in [1.807, 2.05) is 42.5 Å². The molecule has 0 fully saturated rings. The Kier molecular flexibility index (Phi) is 5.42. The van der Waals surface area contributed by atoms with Crippen molar-refractivity contribution in [1.29, 1.82) is 0 Å². The highest BCUT2D eigenvalue weighted by Crippen LogP contribution is 2.34. The van der Waals surface area contributed by atoms with Gasteiger partial charge in [0.05, 0.1) is 12.6 Å². The van der Waals surface area contributed by atoms with Gasteiger partial charge in [-0.15, -0.1) is 0 Å². The third kappa shape index (κ3) is 4.38. The van der Waals surface area contributed by atoms with Crippen molar-refractivity contribution in [2.75, 3.05) is 13.2 Å². The van der Waals surface area contributed by atoms with E-state index in [1.165, 1.54) is 0 Å². The number of carbonyl (C=O) groups excluding carboxylic acids is 1. The zero-order valence-electron chi connectivity index (χ0n) is 12.2. The molecule has 120 valence electrons. The Morgan fingerprint density at radius 1 is 1.30 bits per heavy atom. The Balaban J connectivity index is 1.60. The predicted molar refractivity (Wildman–Crippen MR) is 99.8 cm³/mol. The summed E-state index contributed by atoms with van der Waals surface area (Å²) in [5, 5.41) is 3.02. The van der Waals surface area contributed by atoms with Crippen molar-refractivity contribution in [2.45, 2.75) is 12.5 Å². The number of ether oxygens (including phenoxy) is 2. The van der Waals surface area contributed by atoms with Crippen molar-refractivity contribution in [2.24, 2.45) is 0 Å². The van der Waals surface area contributed by atoms with E-state index in [4.69, 9.17) is 9.47 Å². The van der Waals surface area contributed by atoms with Crippen LogP contribution in [0, 0.1) is 3.57 Å². The molecule has 3 rings (SSSR count). The molecule has 4 nitrogen and oxygen atoms in total. The van der Waals surface area contributed by atoms with Crippen LogP contribution >= 0.6 is 38.5 Å². The number of hydrogen-bond acceptors (Lipinski definition) is 3. The van der Waals surface area contributed by atoms with Gasteiger partial charge in [-0.25, -0.2) is 0 Å². The maximum atomic E-state index is 12.2. The van der Waals surface area contributed by atoms with Gasteiger partial charge in [0.15, 0.2) is 6.61 Å². The zero-order chi connectivity index (χ0) is 16.2. The first-order chi connectivity index (χ1) is 11.1. The molecule has 0 saturated carbocycles. The third-order valence-corrected chi connectivity index (χ3v) is 4.74. The van der Waals surface area contributed by atoms with Gasteiger partial charge in [-0.3, -0.25) is 4.79 Å². The van der Waals surface area contributed by atoms with Crippen LogP contribution in [0.3, 0.4) is 0 Å². The Labute approximate surface area is 156 Å². The fraction of sp³-hybridized carbons (Fsp3) is 0.235. The largest absolute Gasteiger partial charge is 0.493 e. The molecule has 1 amide bonds. The van der Waals surface area contributed by atoms with E-state index in [2.05, 4.69) is 43.8 Å². The first-order valence-electron chi connectivity index (χ1n) is 7.22. The monoisotopic (exact) mass is 487 g/mol. The highest BCUT2D eigenvalue weighted by molar-refractivity contribution is 14.1. The van der Waals surface area contributed by atoms with E-state index in [-0.39, 0.29) is 18.6 Å². The number of halogens is 2. The fourth-order valence-corrected chi connectivity index (χ4v) is 3.17. The maximum Gasteiger partial charge on any atom is 0.258 e. The lowest BCUT2D eigenvalue weighted by Crippen LogP contribution is -2.35. The molecule has 23 heavy (non-hydrogen) atoms. The van der Waals surface area contributed by atoms with Gasteiger partial charge in [0, 0.05) is 20.0 Å². The minimum atomic E-state index is -0.138. The molecule has 2 aromatic rings. The topological polar surface area (TPSA) is 47.6 Å². The predicted octanol–water partition coefficient (Wildman–Crippen LogP) is 4.07. The third-order valence-electron chi connectivity index (χ3n) is 3.53. The van der Waals surface area contributed by atoms with E-state index in [0.29, 0.717) is 12.4 Å². The summed E-state index contributed by atoms with van der Waals surface area (Å²) in [5.41, 5.74) is 0.994. The van der Waals surface area contributed by atoms with Crippen molar-refractivity contribution in [3.8, 4) is 11.5 Å². The van der Waals surface area contributed by atoms with Gasteiger partial charge in [0.25, 0.3) is 5.91 Å². The van der Waals surface area contributed by atoms with Crippen molar-refractivity contribution in [1.82, 2.24) is 5.32 Å². The van der Waals surface area contributed by atoms with Crippen LogP contribution in [0.2, 0.25) is 0 Å². The van der Waals surface area contributed by atoms with E-state index < -0.39 is 0 Å². The number of nitrogens with one attached hydrogen (secondary N) is 1. The number of fused-ring (bicyclic) bond motifs is 1. The highest BCUT2D eigenvalue weighted by Gasteiger charge is 2.23. The van der Waals surface area contributed by atoms with Gasteiger partial charge in [0.2, 0.25) is 0 Å². The minimum absolute atomic E-state index is 0.00128. The molecule has 1 atom stereocenters. The van der Waals surface area contributed by atoms with Gasteiger partial charge in [-0.05, 0) is 65.1 Å². The summed E-state index contributed by atoms with van der Waals surface area (Å²) in [4.78, 5) is 12.2. The lowest BCUT2D eigenvalue weighted by Gasteiger charge is -2.27. The van der Waals surface area contributed by atoms with Gasteiger partial charge in [-0.1, -0.05) is 15.9 Å². The van der Waals surface area contributed by atoms with Crippen molar-refractivity contribution >= 4 is 44.4 Å². The summed E-state index contributed by atoms with van der Waals surface area (Å²) in [6.07, 6.45) is 0.749. The summed E-state index contributed by atoms with van der Waals surface area (Å²) in [5.74, 6) is 1.38. The van der Waals surface area contributed by atoms with E-state index in [1.54, 1.807) is 0 Å². The van der Waals surface area contributed by atoms with Crippen LogP contribution in [-0.2, 0) is 4.79 Å². The standard InChI is InChI=1S/C17H15BrINO3/c18-11-1-6-16-14(9-11)15(7-8-22-16)20-17(21)10-23-13-4-2-12(19)3-5-13/h1-6,9,15H,7-8,10H2,(H,20,21). The first kappa shape index (κ1) is 16.6. The average Bonchev–Trinajstić information content (AvgIpc) is 2.55. The van der Waals surface area contributed by atoms with Crippen LogP contribution in [0.15, 0.2) is 46.9 Å². The highest BCUT2D eigenvalue weighted by atomic mass is 127. The van der Waals surface area contributed by atoms with Crippen LogP contribution < -0.4 is 14.8 Å². The lowest BCUT2D eigenvalue weighted by atomic mass is 10.0. The SMILES string of the molecule is O=C(COc1ccc(I)cc1)NC1CCOc2ccc(Br)cc21. The van der Waals surface area contributed by atoms with Crippen molar-refractivity contribution in [3.63, 3.8) is 0 Å². The molecule has 0 radical (unpaired) electrons. The molecule has 1 unspecified atom stereocenters. The first-order valence-corrected chi connectivity index (χ1v) is 9.09. The lowest BCUT2D eigenvalue weighted by molar-refractivity contribution is -0.124. The zero-order valence-corrected chi connectivity index (χ0v) is 16.0. The summed E-state index contributed by atoms with van der Waals surface area (Å²) >= 11 is 5.68. The molecule has 0 spiro atoms. The Morgan fingerprint density at radius 3 is 2.87 bits per heavy atom. The number of carbonyl (C=O) groups is 1. The smallest absolute Gasteiger partial charge is 0.258 e. The fourth-order valence-electron chi connectivity index (χ4n) is 2.43. The summed E-state index contributed by atoms with van der Waals surface area (Å²) in [6.45, 7) is 0.596. The number of amides is 1. The summed E-state index contributed by atoms with van der Waals surface area (Å²) < 4.78 is 13.2. The molecule has 1 heterocycles. The number of hydrogen-bond donors (Lipinski definition) is 1. The molecule has 0 bridgehead atoms. The Hall–Kier alpha value is -1.28. The van der Waals surface area contributed by atoms with Crippen LogP contribution in [0.4, 0.5) is 0 Å². The molecule has 6 heteroatoms. The van der Waals surface area contributed by atoms with Gasteiger partial charge < -0.3 is 14.8 Å².